The largest absolute Gasteiger partial charge is 0.497 e. The molecule has 0 radical (unpaired) electrons. The number of esters is 1. The van der Waals surface area contributed by atoms with Crippen LogP contribution in [-0.2, 0) is 11.3 Å². The van der Waals surface area contributed by atoms with Crippen LogP contribution in [0.2, 0.25) is 0 Å². The van der Waals surface area contributed by atoms with Crippen molar-refractivity contribution in [3.05, 3.63) is 46.3 Å². The van der Waals surface area contributed by atoms with E-state index in [2.05, 4.69) is 26.0 Å². The van der Waals surface area contributed by atoms with Gasteiger partial charge < -0.3 is 19.2 Å². The second-order valence-electron chi connectivity index (χ2n) is 4.03. The van der Waals surface area contributed by atoms with Gasteiger partial charge in [-0.15, -0.1) is 0 Å². The maximum atomic E-state index is 11.3. The molecule has 1 aromatic heterocycles. The highest BCUT2D eigenvalue weighted by Crippen LogP contribution is 2.25. The Kier molecular flexibility index (Phi) is 4.68. The fourth-order valence-electron chi connectivity index (χ4n) is 1.67. The third-order valence-electron chi connectivity index (χ3n) is 2.65. The number of nitrogens with one attached hydrogen (secondary N) is 1. The lowest BCUT2D eigenvalue weighted by atomic mass is 10.3. The topological polar surface area (TPSA) is 60.7 Å². The summed E-state index contributed by atoms with van der Waals surface area (Å²) >= 11 is 3.41. The standard InChI is InChI=1S/C14H14BrNO4/c1-18-12-5-10(15)4-11(6-12)16-7-13-3-9(8-20-13)14(17)19-2/h3-6,8,16H,7H2,1-2H3. The number of benzene rings is 1. The Hall–Kier alpha value is -1.95. The molecule has 0 fully saturated rings. The van der Waals surface area contributed by atoms with Crippen LogP contribution in [0.25, 0.3) is 0 Å². The molecule has 1 N–H and O–H groups in total. The van der Waals surface area contributed by atoms with Crippen molar-refractivity contribution in [1.82, 2.24) is 0 Å². The van der Waals surface area contributed by atoms with E-state index >= 15 is 0 Å². The number of furan rings is 1. The summed E-state index contributed by atoms with van der Waals surface area (Å²) < 4.78 is 16.0. The Morgan fingerprint density at radius 2 is 2.10 bits per heavy atom. The minimum atomic E-state index is -0.413. The molecule has 0 saturated heterocycles. The Bertz CT molecular complexity index is 609. The Morgan fingerprint density at radius 3 is 2.80 bits per heavy atom. The van der Waals surface area contributed by atoms with Gasteiger partial charge in [0.25, 0.3) is 0 Å². The van der Waals surface area contributed by atoms with Gasteiger partial charge in [-0.2, -0.15) is 0 Å². The van der Waals surface area contributed by atoms with E-state index < -0.39 is 5.97 Å². The van der Waals surface area contributed by atoms with Gasteiger partial charge in [-0.1, -0.05) is 15.9 Å². The summed E-state index contributed by atoms with van der Waals surface area (Å²) in [6.45, 7) is 0.455. The van der Waals surface area contributed by atoms with Crippen LogP contribution in [0.3, 0.4) is 0 Å². The molecule has 20 heavy (non-hydrogen) atoms. The summed E-state index contributed by atoms with van der Waals surface area (Å²) in [5.74, 6) is 0.977. The van der Waals surface area contributed by atoms with Gasteiger partial charge in [0, 0.05) is 16.2 Å². The molecule has 6 heteroatoms. The summed E-state index contributed by atoms with van der Waals surface area (Å²) in [5.41, 5.74) is 1.28. The smallest absolute Gasteiger partial charge is 0.341 e. The quantitative estimate of drug-likeness (QED) is 0.845. The molecule has 106 valence electrons. The van der Waals surface area contributed by atoms with Gasteiger partial charge in [-0.3, -0.25) is 0 Å². The zero-order valence-corrected chi connectivity index (χ0v) is 12.7. The zero-order chi connectivity index (χ0) is 14.5. The van der Waals surface area contributed by atoms with E-state index in [9.17, 15) is 4.79 Å². The fourth-order valence-corrected chi connectivity index (χ4v) is 2.14. The molecule has 5 nitrogen and oxygen atoms in total. The van der Waals surface area contributed by atoms with Gasteiger partial charge >= 0.3 is 5.97 Å². The third kappa shape index (κ3) is 3.54. The van der Waals surface area contributed by atoms with Crippen LogP contribution in [0.15, 0.2) is 39.4 Å². The van der Waals surface area contributed by atoms with E-state index in [1.54, 1.807) is 13.2 Å². The summed E-state index contributed by atoms with van der Waals surface area (Å²) in [6, 6.07) is 7.31. The van der Waals surface area contributed by atoms with Crippen molar-refractivity contribution < 1.29 is 18.7 Å². The maximum Gasteiger partial charge on any atom is 0.341 e. The summed E-state index contributed by atoms with van der Waals surface area (Å²) in [4.78, 5) is 11.3. The van der Waals surface area contributed by atoms with Crippen LogP contribution < -0.4 is 10.1 Å². The second-order valence-corrected chi connectivity index (χ2v) is 4.94. The summed E-state index contributed by atoms with van der Waals surface area (Å²) in [6.07, 6.45) is 1.38. The van der Waals surface area contributed by atoms with Crippen molar-refractivity contribution in [3.8, 4) is 5.75 Å². The minimum absolute atomic E-state index is 0.399. The highest BCUT2D eigenvalue weighted by Gasteiger charge is 2.10. The Balaban J connectivity index is 2.03. The van der Waals surface area contributed by atoms with Crippen LogP contribution >= 0.6 is 15.9 Å². The minimum Gasteiger partial charge on any atom is -0.497 e. The van der Waals surface area contributed by atoms with E-state index in [-0.39, 0.29) is 0 Å². The van der Waals surface area contributed by atoms with Gasteiger partial charge in [0.2, 0.25) is 0 Å². The van der Waals surface area contributed by atoms with Gasteiger partial charge in [-0.25, -0.2) is 4.79 Å². The zero-order valence-electron chi connectivity index (χ0n) is 11.1. The van der Waals surface area contributed by atoms with Gasteiger partial charge in [0.05, 0.1) is 26.3 Å². The van der Waals surface area contributed by atoms with Crippen LogP contribution in [0.4, 0.5) is 5.69 Å². The number of methoxy groups -OCH3 is 2. The first-order valence-electron chi connectivity index (χ1n) is 5.86. The first-order chi connectivity index (χ1) is 9.62. The van der Waals surface area contributed by atoms with Crippen molar-refractivity contribution in [2.45, 2.75) is 6.54 Å². The molecule has 0 unspecified atom stereocenters. The maximum absolute atomic E-state index is 11.3. The Labute approximate surface area is 125 Å². The third-order valence-corrected chi connectivity index (χ3v) is 3.11. The van der Waals surface area contributed by atoms with Crippen LogP contribution in [0, 0.1) is 0 Å². The van der Waals surface area contributed by atoms with E-state index in [1.807, 2.05) is 18.2 Å². The number of halogens is 1. The summed E-state index contributed by atoms with van der Waals surface area (Å²) in [5, 5.41) is 3.19. The molecule has 0 aliphatic carbocycles. The molecular weight excluding hydrogens is 326 g/mol. The lowest BCUT2D eigenvalue weighted by Gasteiger charge is -2.07. The molecule has 1 aromatic carbocycles. The van der Waals surface area contributed by atoms with Crippen LogP contribution in [-0.4, -0.2) is 20.2 Å². The van der Waals surface area contributed by atoms with Crippen LogP contribution in [0.5, 0.6) is 5.75 Å². The number of rotatable bonds is 5. The second kappa shape index (κ2) is 6.47. The normalized spacial score (nSPS) is 10.2. The van der Waals surface area contributed by atoms with Gasteiger partial charge in [0.1, 0.15) is 17.8 Å². The van der Waals surface area contributed by atoms with Crippen molar-refractivity contribution in [1.29, 1.82) is 0 Å². The van der Waals surface area contributed by atoms with Crippen molar-refractivity contribution in [2.24, 2.45) is 0 Å². The molecule has 0 bridgehead atoms. The molecule has 0 spiro atoms. The average molecular weight is 340 g/mol. The van der Waals surface area contributed by atoms with E-state index in [0.29, 0.717) is 17.9 Å². The van der Waals surface area contributed by atoms with Gasteiger partial charge in [-0.05, 0) is 18.2 Å². The highest BCUT2D eigenvalue weighted by molar-refractivity contribution is 9.10. The molecule has 0 atom stereocenters. The number of carbonyl (C=O) groups excluding carboxylic acids is 1. The average Bonchev–Trinajstić information content (AvgIpc) is 2.92. The van der Waals surface area contributed by atoms with Crippen molar-refractivity contribution in [3.63, 3.8) is 0 Å². The van der Waals surface area contributed by atoms with E-state index in [0.717, 1.165) is 15.9 Å². The van der Waals surface area contributed by atoms with Gasteiger partial charge in [0.15, 0.2) is 0 Å². The van der Waals surface area contributed by atoms with Crippen molar-refractivity contribution >= 4 is 27.6 Å². The molecule has 0 saturated carbocycles. The Morgan fingerprint density at radius 1 is 1.30 bits per heavy atom. The SMILES string of the molecule is COC(=O)c1coc(CNc2cc(Br)cc(OC)c2)c1. The van der Waals surface area contributed by atoms with E-state index in [4.69, 9.17) is 9.15 Å². The number of hydrogen-bond acceptors (Lipinski definition) is 5. The molecular formula is C14H14BrNO4. The number of hydrogen-bond donors (Lipinski definition) is 1. The first kappa shape index (κ1) is 14.5. The highest BCUT2D eigenvalue weighted by atomic mass is 79.9. The number of ether oxygens (including phenoxy) is 2. The number of carbonyl (C=O) groups is 1. The molecule has 2 rings (SSSR count). The molecule has 0 amide bonds. The lowest BCUT2D eigenvalue weighted by Crippen LogP contribution is -2.00. The predicted molar refractivity (Wildman–Crippen MR) is 78.1 cm³/mol. The first-order valence-corrected chi connectivity index (χ1v) is 6.66. The van der Waals surface area contributed by atoms with Crippen LogP contribution in [0.1, 0.15) is 16.1 Å². The monoisotopic (exact) mass is 339 g/mol. The fraction of sp³-hybridized carbons (Fsp3) is 0.214. The lowest BCUT2D eigenvalue weighted by molar-refractivity contribution is 0.0600. The summed E-state index contributed by atoms with van der Waals surface area (Å²) in [7, 11) is 2.95. The molecule has 1 heterocycles. The van der Waals surface area contributed by atoms with Crippen molar-refractivity contribution in [2.75, 3.05) is 19.5 Å². The number of anilines is 1. The molecule has 2 aromatic rings. The molecule has 0 aliphatic heterocycles. The molecule has 0 aliphatic rings. The predicted octanol–water partition coefficient (Wildman–Crippen LogP) is 3.45. The van der Waals surface area contributed by atoms with E-state index in [1.165, 1.54) is 13.4 Å².